The first-order valence-electron chi connectivity index (χ1n) is 6.01. The Labute approximate surface area is 107 Å². The summed E-state index contributed by atoms with van der Waals surface area (Å²) >= 11 is 1.46. The van der Waals surface area contributed by atoms with Gasteiger partial charge in [0.25, 0.3) is 0 Å². The third-order valence-electron chi connectivity index (χ3n) is 2.85. The van der Waals surface area contributed by atoms with Crippen molar-refractivity contribution in [3.8, 4) is 0 Å². The average Bonchev–Trinajstić information content (AvgIpc) is 2.28. The fourth-order valence-corrected chi connectivity index (χ4v) is 2.68. The Balaban J connectivity index is 2.71. The lowest BCUT2D eigenvalue weighted by Crippen LogP contribution is -2.15. The Morgan fingerprint density at radius 1 is 1.35 bits per heavy atom. The minimum absolute atomic E-state index is 0.322. The minimum atomic E-state index is -0.707. The largest absolute Gasteiger partial charge is 0.480 e. The van der Waals surface area contributed by atoms with Gasteiger partial charge in [0.2, 0.25) is 0 Å². The van der Waals surface area contributed by atoms with Crippen LogP contribution in [0.3, 0.4) is 0 Å². The molecule has 17 heavy (non-hydrogen) atoms. The molecule has 0 radical (unpaired) electrons. The molecule has 0 aliphatic rings. The van der Waals surface area contributed by atoms with E-state index in [0.29, 0.717) is 0 Å². The van der Waals surface area contributed by atoms with E-state index >= 15 is 0 Å². The molecule has 1 unspecified atom stereocenters. The fraction of sp³-hybridized carbons (Fsp3) is 0.500. The third kappa shape index (κ3) is 4.43. The Morgan fingerprint density at radius 2 is 2.06 bits per heavy atom. The van der Waals surface area contributed by atoms with Gasteiger partial charge in [0.15, 0.2) is 0 Å². The van der Waals surface area contributed by atoms with Crippen molar-refractivity contribution in [2.24, 2.45) is 0 Å². The highest BCUT2D eigenvalue weighted by Crippen LogP contribution is 2.28. The number of rotatable bonds is 6. The van der Waals surface area contributed by atoms with E-state index in [-0.39, 0.29) is 5.25 Å². The van der Waals surface area contributed by atoms with E-state index in [1.165, 1.54) is 22.9 Å². The van der Waals surface area contributed by atoms with Gasteiger partial charge in [0.1, 0.15) is 5.25 Å². The number of carbonyl (C=O) groups is 1. The maximum Gasteiger partial charge on any atom is 0.316 e. The van der Waals surface area contributed by atoms with E-state index < -0.39 is 5.97 Å². The molecule has 1 rings (SSSR count). The van der Waals surface area contributed by atoms with E-state index in [9.17, 15) is 4.79 Å². The van der Waals surface area contributed by atoms with E-state index in [1.54, 1.807) is 0 Å². The molecule has 0 heterocycles. The number of hydrogen-bond donors (Lipinski definition) is 1. The van der Waals surface area contributed by atoms with Crippen molar-refractivity contribution in [1.29, 1.82) is 0 Å². The van der Waals surface area contributed by atoms with Crippen molar-refractivity contribution >= 4 is 17.7 Å². The minimum Gasteiger partial charge on any atom is -0.480 e. The van der Waals surface area contributed by atoms with Crippen molar-refractivity contribution in [1.82, 2.24) is 0 Å². The van der Waals surface area contributed by atoms with Crippen LogP contribution in [0, 0.1) is 13.8 Å². The zero-order valence-corrected chi connectivity index (χ0v) is 11.5. The zero-order chi connectivity index (χ0) is 12.8. The van der Waals surface area contributed by atoms with Crippen LogP contribution < -0.4 is 0 Å². The Morgan fingerprint density at radius 3 is 2.59 bits per heavy atom. The summed E-state index contributed by atoms with van der Waals surface area (Å²) in [6, 6.07) is 6.13. The first-order chi connectivity index (χ1) is 8.04. The number of aliphatic carboxylic acids is 1. The Kier molecular flexibility index (Phi) is 5.56. The van der Waals surface area contributed by atoms with E-state index in [1.807, 2.05) is 6.07 Å². The molecule has 1 aromatic carbocycles. The summed E-state index contributed by atoms with van der Waals surface area (Å²) in [6.07, 6.45) is 2.75. The molecule has 1 N–H and O–H groups in total. The van der Waals surface area contributed by atoms with Crippen LogP contribution in [-0.2, 0) is 4.79 Å². The predicted octanol–water partition coefficient (Wildman–Crippen LogP) is 4.04. The molecule has 0 bridgehead atoms. The normalized spacial score (nSPS) is 12.4. The van der Waals surface area contributed by atoms with Crippen molar-refractivity contribution in [3.05, 3.63) is 29.3 Å². The molecule has 94 valence electrons. The molecule has 0 fully saturated rings. The average molecular weight is 252 g/mol. The standard InChI is InChI=1S/C14H20O2S/c1-4-5-6-13(14(15)16)17-12-8-7-10(2)11(3)9-12/h7-9,13H,4-6H2,1-3H3,(H,15,16). The number of unbranched alkanes of at least 4 members (excludes halogenated alkanes) is 1. The van der Waals surface area contributed by atoms with Gasteiger partial charge in [-0.25, -0.2) is 0 Å². The fourth-order valence-electron chi connectivity index (χ4n) is 1.57. The van der Waals surface area contributed by atoms with Crippen molar-refractivity contribution in [3.63, 3.8) is 0 Å². The van der Waals surface area contributed by atoms with Gasteiger partial charge in [-0.05, 0) is 43.5 Å². The van der Waals surface area contributed by atoms with Gasteiger partial charge in [-0.3, -0.25) is 4.79 Å². The van der Waals surface area contributed by atoms with Gasteiger partial charge in [-0.15, -0.1) is 11.8 Å². The van der Waals surface area contributed by atoms with Crippen molar-refractivity contribution < 1.29 is 9.90 Å². The quantitative estimate of drug-likeness (QED) is 0.776. The van der Waals surface area contributed by atoms with Crippen LogP contribution in [0.5, 0.6) is 0 Å². The van der Waals surface area contributed by atoms with Crippen LogP contribution >= 0.6 is 11.8 Å². The Bertz CT molecular complexity index is 388. The number of hydrogen-bond acceptors (Lipinski definition) is 2. The molecule has 0 aliphatic heterocycles. The third-order valence-corrected chi connectivity index (χ3v) is 4.10. The molecule has 0 saturated heterocycles. The molecule has 1 atom stereocenters. The zero-order valence-electron chi connectivity index (χ0n) is 10.7. The second-order valence-electron chi connectivity index (χ2n) is 4.33. The van der Waals surface area contributed by atoms with Gasteiger partial charge in [-0.1, -0.05) is 25.8 Å². The highest BCUT2D eigenvalue weighted by atomic mass is 32.2. The van der Waals surface area contributed by atoms with Gasteiger partial charge < -0.3 is 5.11 Å². The number of thioether (sulfide) groups is 1. The summed E-state index contributed by atoms with van der Waals surface area (Å²) in [5.74, 6) is -0.707. The summed E-state index contributed by atoms with van der Waals surface area (Å²) in [7, 11) is 0. The van der Waals surface area contributed by atoms with E-state index in [2.05, 4.69) is 32.9 Å². The molecule has 0 aromatic heterocycles. The van der Waals surface area contributed by atoms with Crippen LogP contribution in [0.15, 0.2) is 23.1 Å². The van der Waals surface area contributed by atoms with Gasteiger partial charge >= 0.3 is 5.97 Å². The molecule has 1 aromatic rings. The number of aryl methyl sites for hydroxylation is 2. The van der Waals surface area contributed by atoms with Gasteiger partial charge in [-0.2, -0.15) is 0 Å². The summed E-state index contributed by atoms with van der Waals surface area (Å²) in [5, 5.41) is 8.84. The first-order valence-corrected chi connectivity index (χ1v) is 6.89. The highest BCUT2D eigenvalue weighted by Gasteiger charge is 2.18. The molecule has 2 nitrogen and oxygen atoms in total. The lowest BCUT2D eigenvalue weighted by atomic mass is 10.1. The summed E-state index contributed by atoms with van der Waals surface area (Å²) < 4.78 is 0. The van der Waals surface area contributed by atoms with E-state index in [0.717, 1.165) is 24.2 Å². The molecule has 0 saturated carbocycles. The SMILES string of the molecule is CCCCC(Sc1ccc(C)c(C)c1)C(=O)O. The lowest BCUT2D eigenvalue weighted by Gasteiger charge is -2.12. The van der Waals surface area contributed by atoms with Crippen LogP contribution in [0.2, 0.25) is 0 Å². The highest BCUT2D eigenvalue weighted by molar-refractivity contribution is 8.00. The molecular formula is C14H20O2S. The van der Waals surface area contributed by atoms with Crippen LogP contribution in [0.4, 0.5) is 0 Å². The maximum atomic E-state index is 11.1. The topological polar surface area (TPSA) is 37.3 Å². The summed E-state index contributed by atoms with van der Waals surface area (Å²) in [5.41, 5.74) is 2.46. The van der Waals surface area contributed by atoms with E-state index in [4.69, 9.17) is 5.11 Å². The number of carboxylic acid groups (broad SMARTS) is 1. The molecule has 0 amide bonds. The van der Waals surface area contributed by atoms with Gasteiger partial charge in [0, 0.05) is 4.90 Å². The monoisotopic (exact) mass is 252 g/mol. The number of benzene rings is 1. The predicted molar refractivity (Wildman–Crippen MR) is 72.7 cm³/mol. The van der Waals surface area contributed by atoms with Crippen LogP contribution in [0.1, 0.15) is 37.3 Å². The van der Waals surface area contributed by atoms with Crippen LogP contribution in [0.25, 0.3) is 0 Å². The second kappa shape index (κ2) is 6.70. The number of carboxylic acids is 1. The smallest absolute Gasteiger partial charge is 0.316 e. The molecule has 3 heteroatoms. The summed E-state index contributed by atoms with van der Waals surface area (Å²) in [6.45, 7) is 6.20. The van der Waals surface area contributed by atoms with Crippen LogP contribution in [-0.4, -0.2) is 16.3 Å². The summed E-state index contributed by atoms with van der Waals surface area (Å²) in [4.78, 5) is 12.2. The maximum absolute atomic E-state index is 11.1. The van der Waals surface area contributed by atoms with Crippen molar-refractivity contribution in [2.75, 3.05) is 0 Å². The van der Waals surface area contributed by atoms with Gasteiger partial charge in [0.05, 0.1) is 0 Å². The second-order valence-corrected chi connectivity index (χ2v) is 5.61. The lowest BCUT2D eigenvalue weighted by molar-refractivity contribution is -0.136. The molecular weight excluding hydrogens is 232 g/mol. The molecule has 0 aliphatic carbocycles. The van der Waals surface area contributed by atoms with Crippen molar-refractivity contribution in [2.45, 2.75) is 50.2 Å². The first kappa shape index (κ1) is 14.1. The molecule has 0 spiro atoms. The Hall–Kier alpha value is -0.960.